The van der Waals surface area contributed by atoms with Crippen molar-refractivity contribution >= 4 is 27.4 Å². The maximum Gasteiger partial charge on any atom is 0.307 e. The Hall–Kier alpha value is -1.85. The van der Waals surface area contributed by atoms with Crippen LogP contribution in [0.25, 0.3) is 0 Å². The molecule has 0 heterocycles. The van der Waals surface area contributed by atoms with E-state index in [9.17, 15) is 13.2 Å². The first-order chi connectivity index (χ1) is 10.9. The fraction of sp³-hybridized carbons (Fsp3) is 0.235. The molecule has 0 amide bonds. The minimum atomic E-state index is -3.48. The van der Waals surface area contributed by atoms with Gasteiger partial charge in [0, 0.05) is 5.02 Å². The van der Waals surface area contributed by atoms with Gasteiger partial charge >= 0.3 is 5.97 Å². The van der Waals surface area contributed by atoms with E-state index in [0.29, 0.717) is 5.02 Å². The Labute approximate surface area is 141 Å². The topological polar surface area (TPSA) is 60.4 Å². The molecule has 0 aliphatic heterocycles. The molecule has 0 bridgehead atoms. The minimum absolute atomic E-state index is 0.0734. The van der Waals surface area contributed by atoms with E-state index in [0.717, 1.165) is 11.1 Å². The van der Waals surface area contributed by atoms with E-state index in [1.165, 1.54) is 0 Å². The lowest BCUT2D eigenvalue weighted by Crippen LogP contribution is -2.13. The molecule has 0 radical (unpaired) electrons. The normalized spacial score (nSPS) is 11.2. The summed E-state index contributed by atoms with van der Waals surface area (Å²) < 4.78 is 29.4. The second-order valence-corrected chi connectivity index (χ2v) is 7.72. The summed E-state index contributed by atoms with van der Waals surface area (Å²) in [5.74, 6) is -0.828. The zero-order valence-corrected chi connectivity index (χ0v) is 14.2. The van der Waals surface area contributed by atoms with Gasteiger partial charge in [0.1, 0.15) is 6.61 Å². The lowest BCUT2D eigenvalue weighted by Gasteiger charge is -2.07. The number of sulfone groups is 1. The van der Waals surface area contributed by atoms with Crippen molar-refractivity contribution < 1.29 is 17.9 Å². The SMILES string of the molecule is Cc1ccc(S(=O)(=O)CCC(=O)OCc2cccc(Cl)c2)cc1. The van der Waals surface area contributed by atoms with Crippen LogP contribution >= 0.6 is 11.6 Å². The van der Waals surface area contributed by atoms with Crippen LogP contribution < -0.4 is 0 Å². The van der Waals surface area contributed by atoms with Gasteiger partial charge in [-0.25, -0.2) is 8.42 Å². The van der Waals surface area contributed by atoms with Gasteiger partial charge in [-0.05, 0) is 36.8 Å². The minimum Gasteiger partial charge on any atom is -0.461 e. The van der Waals surface area contributed by atoms with E-state index in [-0.39, 0.29) is 23.7 Å². The van der Waals surface area contributed by atoms with Crippen LogP contribution in [-0.4, -0.2) is 20.1 Å². The summed E-state index contributed by atoms with van der Waals surface area (Å²) in [5.41, 5.74) is 1.73. The molecule has 0 saturated carbocycles. The molecule has 4 nitrogen and oxygen atoms in total. The van der Waals surface area contributed by atoms with Crippen molar-refractivity contribution in [3.05, 3.63) is 64.7 Å². The maximum absolute atomic E-state index is 12.1. The Balaban J connectivity index is 1.87. The van der Waals surface area contributed by atoms with Crippen molar-refractivity contribution in [2.75, 3.05) is 5.75 Å². The molecule has 2 rings (SSSR count). The first kappa shape index (κ1) is 17.5. The average Bonchev–Trinajstić information content (AvgIpc) is 2.51. The van der Waals surface area contributed by atoms with Gasteiger partial charge in [0.2, 0.25) is 0 Å². The molecule has 0 N–H and O–H groups in total. The number of aryl methyl sites for hydroxylation is 1. The van der Waals surface area contributed by atoms with E-state index in [1.54, 1.807) is 48.5 Å². The zero-order chi connectivity index (χ0) is 16.9. The highest BCUT2D eigenvalue weighted by Gasteiger charge is 2.17. The van der Waals surface area contributed by atoms with E-state index in [4.69, 9.17) is 16.3 Å². The summed E-state index contributed by atoms with van der Waals surface area (Å²) in [6.45, 7) is 1.95. The van der Waals surface area contributed by atoms with Crippen molar-refractivity contribution in [2.24, 2.45) is 0 Å². The number of benzene rings is 2. The fourth-order valence-corrected chi connectivity index (χ4v) is 3.38. The molecular weight excluding hydrogens is 336 g/mol. The largest absolute Gasteiger partial charge is 0.461 e. The Kier molecular flexibility index (Phi) is 5.80. The van der Waals surface area contributed by atoms with Crippen molar-refractivity contribution in [1.29, 1.82) is 0 Å². The van der Waals surface area contributed by atoms with Gasteiger partial charge in [0.05, 0.1) is 17.1 Å². The smallest absolute Gasteiger partial charge is 0.307 e. The summed E-state index contributed by atoms with van der Waals surface area (Å²) in [4.78, 5) is 11.9. The van der Waals surface area contributed by atoms with Crippen LogP contribution in [0.5, 0.6) is 0 Å². The quantitative estimate of drug-likeness (QED) is 0.746. The highest BCUT2D eigenvalue weighted by molar-refractivity contribution is 7.91. The third-order valence-electron chi connectivity index (χ3n) is 3.24. The predicted octanol–water partition coefficient (Wildman–Crippen LogP) is 3.56. The number of carbonyl (C=O) groups is 1. The Morgan fingerprint density at radius 1 is 1.13 bits per heavy atom. The van der Waals surface area contributed by atoms with E-state index in [1.807, 2.05) is 6.92 Å². The van der Waals surface area contributed by atoms with Crippen LogP contribution in [0.15, 0.2) is 53.4 Å². The van der Waals surface area contributed by atoms with Crippen LogP contribution in [0.4, 0.5) is 0 Å². The summed E-state index contributed by atoms with van der Waals surface area (Å²) in [6, 6.07) is 13.5. The van der Waals surface area contributed by atoms with Gasteiger partial charge in [-0.2, -0.15) is 0 Å². The van der Waals surface area contributed by atoms with Gasteiger partial charge in [0.25, 0.3) is 0 Å². The van der Waals surface area contributed by atoms with E-state index >= 15 is 0 Å². The second kappa shape index (κ2) is 7.62. The fourth-order valence-electron chi connectivity index (χ4n) is 1.94. The van der Waals surface area contributed by atoms with Crippen molar-refractivity contribution in [3.63, 3.8) is 0 Å². The molecule has 0 spiro atoms. The zero-order valence-electron chi connectivity index (χ0n) is 12.7. The lowest BCUT2D eigenvalue weighted by atomic mass is 10.2. The number of rotatable bonds is 6. The Morgan fingerprint density at radius 2 is 1.83 bits per heavy atom. The molecular formula is C17H17ClO4S. The monoisotopic (exact) mass is 352 g/mol. The number of halogens is 1. The Bertz CT molecular complexity index is 782. The van der Waals surface area contributed by atoms with Crippen molar-refractivity contribution in [3.8, 4) is 0 Å². The van der Waals surface area contributed by atoms with Gasteiger partial charge in [-0.3, -0.25) is 4.79 Å². The van der Waals surface area contributed by atoms with Crippen LogP contribution in [0, 0.1) is 6.92 Å². The average molecular weight is 353 g/mol. The van der Waals surface area contributed by atoms with Gasteiger partial charge in [-0.1, -0.05) is 41.4 Å². The maximum atomic E-state index is 12.1. The molecule has 0 fully saturated rings. The molecule has 0 unspecified atom stereocenters. The number of ether oxygens (including phenoxy) is 1. The van der Waals surface area contributed by atoms with Crippen LogP contribution in [0.2, 0.25) is 5.02 Å². The summed E-state index contributed by atoms with van der Waals surface area (Å²) >= 11 is 5.84. The molecule has 2 aromatic carbocycles. The lowest BCUT2D eigenvalue weighted by molar-refractivity contribution is -0.144. The van der Waals surface area contributed by atoms with E-state index < -0.39 is 15.8 Å². The van der Waals surface area contributed by atoms with Crippen LogP contribution in [-0.2, 0) is 26.0 Å². The molecule has 122 valence electrons. The third kappa shape index (κ3) is 5.37. The molecule has 0 aromatic heterocycles. The highest BCUT2D eigenvalue weighted by atomic mass is 35.5. The Morgan fingerprint density at radius 3 is 2.48 bits per heavy atom. The molecule has 0 aliphatic rings. The standard InChI is InChI=1S/C17H17ClO4S/c1-13-5-7-16(8-6-13)23(20,21)10-9-17(19)22-12-14-3-2-4-15(18)11-14/h2-8,11H,9-10,12H2,1H3. The van der Waals surface area contributed by atoms with Crippen LogP contribution in [0.3, 0.4) is 0 Å². The van der Waals surface area contributed by atoms with Gasteiger partial charge < -0.3 is 4.74 Å². The summed E-state index contributed by atoms with van der Waals surface area (Å²) in [5, 5.41) is 0.556. The number of hydrogen-bond acceptors (Lipinski definition) is 4. The van der Waals surface area contributed by atoms with Crippen LogP contribution in [0.1, 0.15) is 17.5 Å². The first-order valence-electron chi connectivity index (χ1n) is 7.06. The molecule has 23 heavy (non-hydrogen) atoms. The van der Waals surface area contributed by atoms with Crippen molar-refractivity contribution in [1.82, 2.24) is 0 Å². The van der Waals surface area contributed by atoms with Gasteiger partial charge in [0.15, 0.2) is 9.84 Å². The first-order valence-corrected chi connectivity index (χ1v) is 9.09. The highest BCUT2D eigenvalue weighted by Crippen LogP contribution is 2.14. The molecule has 0 atom stereocenters. The number of esters is 1. The summed E-state index contributed by atoms with van der Waals surface area (Å²) in [6.07, 6.45) is -0.184. The molecule has 0 aliphatic carbocycles. The molecule has 0 saturated heterocycles. The number of carbonyl (C=O) groups excluding carboxylic acids is 1. The third-order valence-corrected chi connectivity index (χ3v) is 5.21. The summed E-state index contributed by atoms with van der Waals surface area (Å²) in [7, 11) is -3.48. The number of hydrogen-bond donors (Lipinski definition) is 0. The predicted molar refractivity (Wildman–Crippen MR) is 89.1 cm³/mol. The molecule has 2 aromatic rings. The van der Waals surface area contributed by atoms with Crippen molar-refractivity contribution in [2.45, 2.75) is 24.8 Å². The molecule has 6 heteroatoms. The second-order valence-electron chi connectivity index (χ2n) is 5.17. The van der Waals surface area contributed by atoms with E-state index in [2.05, 4.69) is 0 Å². The van der Waals surface area contributed by atoms with Gasteiger partial charge in [-0.15, -0.1) is 0 Å².